The lowest BCUT2D eigenvalue weighted by atomic mass is 10.1. The number of Topliss-reactive ketones (excluding diaryl/α,β-unsaturated/α-hetero) is 1. The highest BCUT2D eigenvalue weighted by molar-refractivity contribution is 5.79. The minimum Gasteiger partial charge on any atom is -0.299 e. The Balaban J connectivity index is 3.34. The van der Waals surface area contributed by atoms with Crippen molar-refractivity contribution in [3.63, 3.8) is 0 Å². The molecule has 0 unspecified atom stereocenters. The van der Waals surface area contributed by atoms with Crippen LogP contribution in [0.15, 0.2) is 24.8 Å². The lowest BCUT2D eigenvalue weighted by Crippen LogP contribution is -1.93. The number of allylic oxidation sites excluding steroid dienone is 3. The first-order valence-corrected chi connectivity index (χ1v) is 3.55. The zero-order valence-corrected chi connectivity index (χ0v) is 6.47. The number of carbonyl (C=O) groups is 1. The molecule has 0 aromatic carbocycles. The van der Waals surface area contributed by atoms with Gasteiger partial charge >= 0.3 is 0 Å². The Morgan fingerprint density at radius 1 is 1.60 bits per heavy atom. The zero-order chi connectivity index (χ0) is 7.82. The SMILES string of the molecule is C=CCCC(=O)CC=CC. The summed E-state index contributed by atoms with van der Waals surface area (Å²) < 4.78 is 0. The monoisotopic (exact) mass is 138 g/mol. The summed E-state index contributed by atoms with van der Waals surface area (Å²) in [4.78, 5) is 10.9. The summed E-state index contributed by atoms with van der Waals surface area (Å²) >= 11 is 0. The molecule has 0 aliphatic carbocycles. The van der Waals surface area contributed by atoms with Crippen molar-refractivity contribution in [1.82, 2.24) is 0 Å². The first-order chi connectivity index (χ1) is 4.81. The first kappa shape index (κ1) is 9.15. The van der Waals surface area contributed by atoms with Crippen molar-refractivity contribution in [2.45, 2.75) is 26.2 Å². The molecule has 1 nitrogen and oxygen atoms in total. The van der Waals surface area contributed by atoms with Crippen LogP contribution in [-0.2, 0) is 4.79 Å². The topological polar surface area (TPSA) is 17.1 Å². The summed E-state index contributed by atoms with van der Waals surface area (Å²) in [6, 6.07) is 0. The number of hydrogen-bond acceptors (Lipinski definition) is 1. The molecule has 56 valence electrons. The van der Waals surface area contributed by atoms with Gasteiger partial charge in [-0.3, -0.25) is 4.79 Å². The molecule has 0 heterocycles. The Kier molecular flexibility index (Phi) is 5.74. The molecule has 0 saturated heterocycles. The van der Waals surface area contributed by atoms with E-state index in [2.05, 4.69) is 6.58 Å². The molecule has 10 heavy (non-hydrogen) atoms. The van der Waals surface area contributed by atoms with Gasteiger partial charge in [-0.05, 0) is 13.3 Å². The van der Waals surface area contributed by atoms with Crippen molar-refractivity contribution in [3.05, 3.63) is 24.8 Å². The fourth-order valence-electron chi connectivity index (χ4n) is 0.614. The zero-order valence-electron chi connectivity index (χ0n) is 6.47. The Morgan fingerprint density at radius 3 is 2.80 bits per heavy atom. The van der Waals surface area contributed by atoms with E-state index in [0.29, 0.717) is 12.8 Å². The smallest absolute Gasteiger partial charge is 0.136 e. The van der Waals surface area contributed by atoms with Gasteiger partial charge in [-0.15, -0.1) is 6.58 Å². The van der Waals surface area contributed by atoms with E-state index in [1.165, 1.54) is 0 Å². The molecule has 0 aliphatic heterocycles. The van der Waals surface area contributed by atoms with Crippen LogP contribution in [0.2, 0.25) is 0 Å². The minimum atomic E-state index is 0.290. The summed E-state index contributed by atoms with van der Waals surface area (Å²) in [5.41, 5.74) is 0. The molecular formula is C9H14O. The highest BCUT2D eigenvalue weighted by Gasteiger charge is 1.94. The first-order valence-electron chi connectivity index (χ1n) is 3.55. The van der Waals surface area contributed by atoms with Crippen molar-refractivity contribution >= 4 is 5.78 Å². The van der Waals surface area contributed by atoms with Gasteiger partial charge in [0.2, 0.25) is 0 Å². The fraction of sp³-hybridized carbons (Fsp3) is 0.444. The molecule has 0 bridgehead atoms. The second kappa shape index (κ2) is 6.27. The van der Waals surface area contributed by atoms with Gasteiger partial charge in [-0.1, -0.05) is 18.2 Å². The highest BCUT2D eigenvalue weighted by atomic mass is 16.1. The maximum absolute atomic E-state index is 10.9. The van der Waals surface area contributed by atoms with Gasteiger partial charge in [0.25, 0.3) is 0 Å². The van der Waals surface area contributed by atoms with Gasteiger partial charge in [0, 0.05) is 12.8 Å². The van der Waals surface area contributed by atoms with Gasteiger partial charge in [-0.2, -0.15) is 0 Å². The van der Waals surface area contributed by atoms with E-state index in [4.69, 9.17) is 0 Å². The Morgan fingerprint density at radius 2 is 2.30 bits per heavy atom. The standard InChI is InChI=1S/C9H14O/c1-3-5-7-9(10)8-6-4-2/h3-4,6H,1,5,7-8H2,2H3. The number of ketones is 1. The number of hydrogen-bond donors (Lipinski definition) is 0. The summed E-state index contributed by atoms with van der Waals surface area (Å²) in [5.74, 6) is 0.290. The van der Waals surface area contributed by atoms with Gasteiger partial charge in [-0.25, -0.2) is 0 Å². The third-order valence-electron chi connectivity index (χ3n) is 1.21. The maximum Gasteiger partial charge on any atom is 0.136 e. The van der Waals surface area contributed by atoms with E-state index in [9.17, 15) is 4.79 Å². The van der Waals surface area contributed by atoms with Crippen LogP contribution < -0.4 is 0 Å². The van der Waals surface area contributed by atoms with Crippen molar-refractivity contribution in [2.24, 2.45) is 0 Å². The molecule has 0 aromatic heterocycles. The second-order valence-corrected chi connectivity index (χ2v) is 2.14. The molecule has 0 spiro atoms. The van der Waals surface area contributed by atoms with Crippen LogP contribution in [0.4, 0.5) is 0 Å². The fourth-order valence-corrected chi connectivity index (χ4v) is 0.614. The molecule has 0 rings (SSSR count). The number of carbonyl (C=O) groups excluding carboxylic acids is 1. The van der Waals surface area contributed by atoms with Crippen LogP contribution >= 0.6 is 0 Å². The maximum atomic E-state index is 10.9. The average molecular weight is 138 g/mol. The summed E-state index contributed by atoms with van der Waals surface area (Å²) in [6.45, 7) is 5.46. The van der Waals surface area contributed by atoms with Crippen molar-refractivity contribution in [3.8, 4) is 0 Å². The van der Waals surface area contributed by atoms with Crippen LogP contribution in [0.25, 0.3) is 0 Å². The Hall–Kier alpha value is -0.850. The lowest BCUT2D eigenvalue weighted by Gasteiger charge is -1.90. The molecule has 0 amide bonds. The van der Waals surface area contributed by atoms with E-state index in [1.54, 1.807) is 6.08 Å². The quantitative estimate of drug-likeness (QED) is 0.533. The van der Waals surface area contributed by atoms with Crippen LogP contribution in [-0.4, -0.2) is 5.78 Å². The van der Waals surface area contributed by atoms with E-state index in [-0.39, 0.29) is 5.78 Å². The molecule has 0 radical (unpaired) electrons. The van der Waals surface area contributed by atoms with Crippen molar-refractivity contribution in [2.75, 3.05) is 0 Å². The van der Waals surface area contributed by atoms with Crippen LogP contribution in [0, 0.1) is 0 Å². The molecule has 0 aromatic rings. The van der Waals surface area contributed by atoms with Crippen LogP contribution in [0.1, 0.15) is 26.2 Å². The Labute approximate surface area is 62.4 Å². The third-order valence-corrected chi connectivity index (χ3v) is 1.21. The molecular weight excluding hydrogens is 124 g/mol. The second-order valence-electron chi connectivity index (χ2n) is 2.14. The summed E-state index contributed by atoms with van der Waals surface area (Å²) in [5, 5.41) is 0. The lowest BCUT2D eigenvalue weighted by molar-refractivity contribution is -0.118. The molecule has 0 saturated carbocycles. The van der Waals surface area contributed by atoms with Gasteiger partial charge in [0.15, 0.2) is 0 Å². The van der Waals surface area contributed by atoms with Gasteiger partial charge in [0.05, 0.1) is 0 Å². The van der Waals surface area contributed by atoms with Gasteiger partial charge in [0.1, 0.15) is 5.78 Å². The molecule has 0 atom stereocenters. The normalized spacial score (nSPS) is 10.1. The van der Waals surface area contributed by atoms with E-state index in [1.807, 2.05) is 19.1 Å². The number of rotatable bonds is 5. The largest absolute Gasteiger partial charge is 0.299 e. The molecule has 0 N–H and O–H groups in total. The molecule has 1 heteroatoms. The van der Waals surface area contributed by atoms with E-state index in [0.717, 1.165) is 6.42 Å². The van der Waals surface area contributed by atoms with Crippen molar-refractivity contribution in [1.29, 1.82) is 0 Å². The van der Waals surface area contributed by atoms with E-state index < -0.39 is 0 Å². The highest BCUT2D eigenvalue weighted by Crippen LogP contribution is 1.96. The summed E-state index contributed by atoms with van der Waals surface area (Å²) in [7, 11) is 0. The summed E-state index contributed by atoms with van der Waals surface area (Å²) in [6.07, 6.45) is 7.55. The van der Waals surface area contributed by atoms with Crippen LogP contribution in [0.3, 0.4) is 0 Å². The average Bonchev–Trinajstić information content (AvgIpc) is 1.97. The van der Waals surface area contributed by atoms with Crippen LogP contribution in [0.5, 0.6) is 0 Å². The molecule has 0 fully saturated rings. The van der Waals surface area contributed by atoms with Crippen molar-refractivity contribution < 1.29 is 4.79 Å². The predicted molar refractivity (Wildman–Crippen MR) is 43.9 cm³/mol. The predicted octanol–water partition coefficient (Wildman–Crippen LogP) is 2.49. The van der Waals surface area contributed by atoms with Gasteiger partial charge < -0.3 is 0 Å². The minimum absolute atomic E-state index is 0.290. The molecule has 0 aliphatic rings. The van der Waals surface area contributed by atoms with E-state index >= 15 is 0 Å². The Bertz CT molecular complexity index is 134. The third kappa shape index (κ3) is 5.29.